The first-order valence-electron chi connectivity index (χ1n) is 10.1. The van der Waals surface area contributed by atoms with Gasteiger partial charge in [-0.15, -0.1) is 0 Å². The van der Waals surface area contributed by atoms with Crippen molar-refractivity contribution in [1.29, 1.82) is 0 Å². The van der Waals surface area contributed by atoms with Crippen LogP contribution in [-0.2, 0) is 17.8 Å². The number of H-pyrrole nitrogens is 1. The van der Waals surface area contributed by atoms with Crippen molar-refractivity contribution in [2.75, 3.05) is 27.9 Å². The Kier molecular flexibility index (Phi) is 5.98. The highest BCUT2D eigenvalue weighted by atomic mass is 16.5. The predicted octanol–water partition coefficient (Wildman–Crippen LogP) is 2.26. The number of hydrogen-bond acceptors (Lipinski definition) is 6. The number of amides is 1. The van der Waals surface area contributed by atoms with Crippen LogP contribution in [0.1, 0.15) is 5.56 Å². The van der Waals surface area contributed by atoms with Crippen molar-refractivity contribution in [2.24, 2.45) is 0 Å². The highest BCUT2D eigenvalue weighted by Gasteiger charge is 2.16. The van der Waals surface area contributed by atoms with Gasteiger partial charge in [-0.2, -0.15) is 5.10 Å². The normalized spacial score (nSPS) is 11.0. The Morgan fingerprint density at radius 2 is 1.97 bits per heavy atom. The van der Waals surface area contributed by atoms with Gasteiger partial charge in [0.25, 0.3) is 5.56 Å². The van der Waals surface area contributed by atoms with Crippen molar-refractivity contribution >= 4 is 27.6 Å². The molecule has 166 valence electrons. The first kappa shape index (κ1) is 21.2. The quantitative estimate of drug-likeness (QED) is 0.439. The van der Waals surface area contributed by atoms with E-state index in [2.05, 4.69) is 15.4 Å². The number of hydrogen-bond donors (Lipinski definition) is 2. The zero-order valence-electron chi connectivity index (χ0n) is 18.1. The van der Waals surface area contributed by atoms with Crippen molar-refractivity contribution in [3.63, 3.8) is 0 Å². The number of carbonyl (C=O) groups is 1. The predicted molar refractivity (Wildman–Crippen MR) is 121 cm³/mol. The summed E-state index contributed by atoms with van der Waals surface area (Å²) >= 11 is 0. The van der Waals surface area contributed by atoms with Crippen LogP contribution < -0.4 is 25.1 Å². The molecule has 4 rings (SSSR count). The third-order valence-corrected chi connectivity index (χ3v) is 5.35. The van der Waals surface area contributed by atoms with E-state index in [0.29, 0.717) is 35.2 Å². The molecule has 0 atom stereocenters. The lowest BCUT2D eigenvalue weighted by atomic mass is 10.1. The molecule has 0 fully saturated rings. The monoisotopic (exact) mass is 436 g/mol. The number of ether oxygens (including phenoxy) is 3. The molecule has 2 aromatic carbocycles. The Labute approximate surface area is 183 Å². The van der Waals surface area contributed by atoms with E-state index < -0.39 is 5.56 Å². The van der Waals surface area contributed by atoms with Gasteiger partial charge in [0.2, 0.25) is 5.91 Å². The molecule has 0 bridgehead atoms. The van der Waals surface area contributed by atoms with E-state index in [1.165, 1.54) is 20.4 Å². The number of fused-ring (bicyclic) bond motifs is 2. The van der Waals surface area contributed by atoms with Crippen molar-refractivity contribution in [3.8, 4) is 17.2 Å². The number of methoxy groups -OCH3 is 3. The van der Waals surface area contributed by atoms with Crippen LogP contribution in [0, 0.1) is 0 Å². The number of aromatic amines is 1. The smallest absolute Gasteiger partial charge is 0.279 e. The lowest BCUT2D eigenvalue weighted by molar-refractivity contribution is -0.121. The minimum Gasteiger partial charge on any atom is -0.497 e. The molecule has 9 nitrogen and oxygen atoms in total. The highest BCUT2D eigenvalue weighted by molar-refractivity contribution is 5.89. The molecule has 0 spiro atoms. The van der Waals surface area contributed by atoms with Crippen LogP contribution in [0.15, 0.2) is 47.5 Å². The van der Waals surface area contributed by atoms with E-state index in [1.807, 2.05) is 24.4 Å². The van der Waals surface area contributed by atoms with Gasteiger partial charge in [-0.3, -0.25) is 9.59 Å². The number of carbonyl (C=O) groups excluding carboxylic acids is 1. The molecule has 4 aromatic rings. The Hall–Kier alpha value is -4.01. The zero-order valence-corrected chi connectivity index (χ0v) is 18.1. The minimum atomic E-state index is -0.419. The van der Waals surface area contributed by atoms with Gasteiger partial charge in [0.05, 0.1) is 32.9 Å². The summed E-state index contributed by atoms with van der Waals surface area (Å²) < 4.78 is 17.1. The second-order valence-electron chi connectivity index (χ2n) is 7.20. The van der Waals surface area contributed by atoms with E-state index in [9.17, 15) is 9.59 Å². The summed E-state index contributed by atoms with van der Waals surface area (Å²) in [5.41, 5.74) is 1.65. The van der Waals surface area contributed by atoms with Crippen LogP contribution in [0.4, 0.5) is 0 Å². The third-order valence-electron chi connectivity index (χ3n) is 5.35. The minimum absolute atomic E-state index is 0.198. The van der Waals surface area contributed by atoms with Crippen molar-refractivity contribution in [2.45, 2.75) is 13.0 Å². The average molecular weight is 436 g/mol. The van der Waals surface area contributed by atoms with Gasteiger partial charge >= 0.3 is 0 Å². The fourth-order valence-corrected chi connectivity index (χ4v) is 3.72. The first-order valence-corrected chi connectivity index (χ1v) is 10.1. The lowest BCUT2D eigenvalue weighted by Crippen LogP contribution is -2.34. The molecule has 0 aliphatic carbocycles. The van der Waals surface area contributed by atoms with Crippen LogP contribution in [-0.4, -0.2) is 48.5 Å². The average Bonchev–Trinajstić information content (AvgIpc) is 3.22. The van der Waals surface area contributed by atoms with Gasteiger partial charge in [-0.05, 0) is 42.3 Å². The molecule has 0 aliphatic rings. The van der Waals surface area contributed by atoms with Gasteiger partial charge in [0.15, 0.2) is 11.5 Å². The Bertz CT molecular complexity index is 1340. The van der Waals surface area contributed by atoms with Crippen LogP contribution in [0.3, 0.4) is 0 Å². The second kappa shape index (κ2) is 9.01. The van der Waals surface area contributed by atoms with Gasteiger partial charge in [-0.1, -0.05) is 0 Å². The molecule has 9 heteroatoms. The van der Waals surface area contributed by atoms with E-state index in [1.54, 1.807) is 19.2 Å². The maximum Gasteiger partial charge on any atom is 0.279 e. The fraction of sp³-hybridized carbons (Fsp3) is 0.261. The number of benzene rings is 2. The maximum absolute atomic E-state index is 12.9. The standard InChI is InChI=1S/C23H24N4O5/c1-30-16-5-6-18-17(10-16)14(11-25-18)8-9-24-20(28)13-27-23(29)21-15(12-26-27)4-7-19(31-2)22(21)32-3/h4-7,10-12,25H,8-9,13H2,1-3H3,(H,24,28). The SMILES string of the molecule is COc1ccc2[nH]cc(CCNC(=O)Cn3ncc4ccc(OC)c(OC)c4c3=O)c2c1. The molecule has 0 saturated carbocycles. The molecule has 0 radical (unpaired) electrons. The summed E-state index contributed by atoms with van der Waals surface area (Å²) in [7, 11) is 4.59. The molecule has 2 heterocycles. The third kappa shape index (κ3) is 3.96. The van der Waals surface area contributed by atoms with Gasteiger partial charge in [-0.25, -0.2) is 4.68 Å². The Morgan fingerprint density at radius 1 is 1.12 bits per heavy atom. The maximum atomic E-state index is 12.9. The second-order valence-corrected chi connectivity index (χ2v) is 7.20. The van der Waals surface area contributed by atoms with E-state index in [0.717, 1.165) is 26.9 Å². The van der Waals surface area contributed by atoms with Gasteiger partial charge < -0.3 is 24.5 Å². The number of nitrogens with zero attached hydrogens (tertiary/aromatic N) is 2. The van der Waals surface area contributed by atoms with Gasteiger partial charge in [0, 0.05) is 29.0 Å². The summed E-state index contributed by atoms with van der Waals surface area (Å²) in [5.74, 6) is 1.23. The molecule has 2 N–H and O–H groups in total. The van der Waals surface area contributed by atoms with E-state index in [-0.39, 0.29) is 12.5 Å². The topological polar surface area (TPSA) is 107 Å². The highest BCUT2D eigenvalue weighted by Crippen LogP contribution is 2.32. The van der Waals surface area contributed by atoms with Crippen molar-refractivity contribution in [3.05, 3.63) is 58.6 Å². The van der Waals surface area contributed by atoms with Crippen LogP contribution in [0.2, 0.25) is 0 Å². The summed E-state index contributed by atoms with van der Waals surface area (Å²) in [6.45, 7) is 0.222. The van der Waals surface area contributed by atoms with Crippen LogP contribution in [0.25, 0.3) is 21.7 Å². The van der Waals surface area contributed by atoms with Crippen LogP contribution >= 0.6 is 0 Å². The largest absolute Gasteiger partial charge is 0.497 e. The molecule has 0 unspecified atom stereocenters. The molecular formula is C23H24N4O5. The van der Waals surface area contributed by atoms with Crippen molar-refractivity contribution in [1.82, 2.24) is 20.1 Å². The molecule has 0 aliphatic heterocycles. The molecular weight excluding hydrogens is 412 g/mol. The molecule has 1 amide bonds. The van der Waals surface area contributed by atoms with Gasteiger partial charge in [0.1, 0.15) is 12.3 Å². The van der Waals surface area contributed by atoms with Crippen molar-refractivity contribution < 1.29 is 19.0 Å². The number of rotatable bonds is 8. The summed E-state index contributed by atoms with van der Waals surface area (Å²) in [5, 5.41) is 8.95. The summed E-state index contributed by atoms with van der Waals surface area (Å²) in [6.07, 6.45) is 4.08. The number of nitrogens with one attached hydrogen (secondary N) is 2. The Morgan fingerprint density at radius 3 is 2.72 bits per heavy atom. The summed E-state index contributed by atoms with van der Waals surface area (Å²) in [6, 6.07) is 9.25. The summed E-state index contributed by atoms with van der Waals surface area (Å²) in [4.78, 5) is 28.6. The van der Waals surface area contributed by atoms with E-state index in [4.69, 9.17) is 14.2 Å². The van der Waals surface area contributed by atoms with E-state index >= 15 is 0 Å². The van der Waals surface area contributed by atoms with Crippen LogP contribution in [0.5, 0.6) is 17.2 Å². The Balaban J connectivity index is 1.46. The molecule has 32 heavy (non-hydrogen) atoms. The number of aromatic nitrogens is 3. The lowest BCUT2D eigenvalue weighted by Gasteiger charge is -2.12. The molecule has 0 saturated heterocycles. The fourth-order valence-electron chi connectivity index (χ4n) is 3.72. The first-order chi connectivity index (χ1) is 15.5. The zero-order chi connectivity index (χ0) is 22.7. The molecule has 2 aromatic heterocycles.